The van der Waals surface area contributed by atoms with Crippen molar-refractivity contribution in [1.82, 2.24) is 4.98 Å². The van der Waals surface area contributed by atoms with Gasteiger partial charge < -0.3 is 10.7 Å². The van der Waals surface area contributed by atoms with Crippen molar-refractivity contribution in [2.75, 3.05) is 0 Å². The first-order valence-electron chi connectivity index (χ1n) is 4.82. The van der Waals surface area contributed by atoms with Gasteiger partial charge in [-0.25, -0.2) is 0 Å². The van der Waals surface area contributed by atoms with E-state index in [0.717, 1.165) is 5.69 Å². The predicted molar refractivity (Wildman–Crippen MR) is 64.2 cm³/mol. The molecular formula is C12H11N2S+. The smallest absolute Gasteiger partial charge is 0.146 e. The number of rotatable bonds is 1. The summed E-state index contributed by atoms with van der Waals surface area (Å²) in [6.45, 7) is 0. The zero-order chi connectivity index (χ0) is 10.3. The standard InChI is InChI=1S/C12H10N2S/c13-10-5-6-15-12(10)9-7-14-11-4-2-1-3-8(9)11/h1-7,14H,13H2/p+1. The first-order valence-corrected chi connectivity index (χ1v) is 5.70. The number of H-pyrrole nitrogens is 1. The first kappa shape index (κ1) is 8.71. The zero-order valence-electron chi connectivity index (χ0n) is 8.16. The van der Waals surface area contributed by atoms with Crippen LogP contribution in [0.4, 0.5) is 5.69 Å². The van der Waals surface area contributed by atoms with E-state index in [4.69, 9.17) is 0 Å². The molecule has 0 aliphatic carbocycles. The number of aromatic nitrogens is 1. The molecular weight excluding hydrogens is 204 g/mol. The summed E-state index contributed by atoms with van der Waals surface area (Å²) in [5.41, 5.74) is 7.58. The third kappa shape index (κ3) is 1.28. The number of hydrogen-bond donors (Lipinski definition) is 2. The van der Waals surface area contributed by atoms with Crippen molar-refractivity contribution in [3.63, 3.8) is 0 Å². The third-order valence-electron chi connectivity index (χ3n) is 2.58. The van der Waals surface area contributed by atoms with E-state index in [0.29, 0.717) is 0 Å². The highest BCUT2D eigenvalue weighted by atomic mass is 32.1. The number of para-hydroxylation sites is 1. The Bertz CT molecular complexity index is 607. The fourth-order valence-electron chi connectivity index (χ4n) is 1.83. The summed E-state index contributed by atoms with van der Waals surface area (Å²) >= 11 is 1.74. The summed E-state index contributed by atoms with van der Waals surface area (Å²) in [7, 11) is 0. The van der Waals surface area contributed by atoms with E-state index in [1.807, 2.05) is 6.07 Å². The molecule has 0 saturated heterocycles. The summed E-state index contributed by atoms with van der Waals surface area (Å²) in [5, 5.41) is 3.35. The number of hydrogen-bond acceptors (Lipinski definition) is 1. The molecule has 0 unspecified atom stereocenters. The molecule has 2 heterocycles. The Morgan fingerprint density at radius 2 is 2.00 bits per heavy atom. The Morgan fingerprint density at radius 1 is 1.13 bits per heavy atom. The molecule has 0 amide bonds. The van der Waals surface area contributed by atoms with E-state index >= 15 is 0 Å². The van der Waals surface area contributed by atoms with Gasteiger partial charge in [0.1, 0.15) is 5.69 Å². The molecule has 0 aliphatic heterocycles. The molecule has 1 aromatic carbocycles. The number of benzene rings is 1. The molecule has 3 rings (SSSR count). The fraction of sp³-hybridized carbons (Fsp3) is 0. The highest BCUT2D eigenvalue weighted by Crippen LogP contribution is 2.35. The number of aromatic amines is 1. The Balaban J connectivity index is 2.32. The molecule has 2 aromatic heterocycles. The Hall–Kier alpha value is -1.58. The zero-order valence-corrected chi connectivity index (χ0v) is 8.97. The van der Waals surface area contributed by atoms with Crippen LogP contribution in [0.5, 0.6) is 0 Å². The second-order valence-corrected chi connectivity index (χ2v) is 4.44. The Morgan fingerprint density at radius 3 is 2.80 bits per heavy atom. The quantitative estimate of drug-likeness (QED) is 0.627. The molecule has 0 fully saturated rings. The molecule has 0 atom stereocenters. The largest absolute Gasteiger partial charge is 0.361 e. The van der Waals surface area contributed by atoms with E-state index in [1.165, 1.54) is 21.3 Å². The lowest BCUT2D eigenvalue weighted by atomic mass is 10.1. The molecule has 74 valence electrons. The molecule has 0 radical (unpaired) electrons. The lowest BCUT2D eigenvalue weighted by Crippen LogP contribution is -2.40. The van der Waals surface area contributed by atoms with Crippen LogP contribution in [0.2, 0.25) is 0 Å². The normalized spacial score (nSPS) is 11.0. The summed E-state index contributed by atoms with van der Waals surface area (Å²) < 4.78 is 0. The molecule has 0 bridgehead atoms. The van der Waals surface area contributed by atoms with Gasteiger partial charge in [0, 0.05) is 28.7 Å². The van der Waals surface area contributed by atoms with Crippen LogP contribution < -0.4 is 5.73 Å². The lowest BCUT2D eigenvalue weighted by Gasteiger charge is -1.94. The fourth-order valence-corrected chi connectivity index (χ4v) is 2.72. The summed E-state index contributed by atoms with van der Waals surface area (Å²) in [6, 6.07) is 10.4. The van der Waals surface area contributed by atoms with Gasteiger partial charge in [0.25, 0.3) is 0 Å². The third-order valence-corrected chi connectivity index (χ3v) is 3.57. The summed E-state index contributed by atoms with van der Waals surface area (Å²) in [4.78, 5) is 4.54. The maximum Gasteiger partial charge on any atom is 0.146 e. The van der Waals surface area contributed by atoms with E-state index in [-0.39, 0.29) is 0 Å². The molecule has 0 aliphatic rings. The molecule has 3 heteroatoms. The monoisotopic (exact) mass is 215 g/mol. The van der Waals surface area contributed by atoms with Gasteiger partial charge in [-0.05, 0) is 11.4 Å². The van der Waals surface area contributed by atoms with E-state index in [9.17, 15) is 0 Å². The summed E-state index contributed by atoms with van der Waals surface area (Å²) in [5.74, 6) is 0. The van der Waals surface area contributed by atoms with Crippen molar-refractivity contribution in [3.05, 3.63) is 41.9 Å². The average molecular weight is 215 g/mol. The van der Waals surface area contributed by atoms with E-state index in [1.54, 1.807) is 11.3 Å². The van der Waals surface area contributed by atoms with Crippen LogP contribution in [0.25, 0.3) is 21.3 Å². The van der Waals surface area contributed by atoms with Crippen LogP contribution >= 0.6 is 11.3 Å². The molecule has 15 heavy (non-hydrogen) atoms. The van der Waals surface area contributed by atoms with E-state index in [2.05, 4.69) is 46.6 Å². The van der Waals surface area contributed by atoms with Crippen molar-refractivity contribution in [3.8, 4) is 10.4 Å². The maximum atomic E-state index is 4.04. The maximum absolute atomic E-state index is 4.04. The second kappa shape index (κ2) is 3.22. The number of thiophene rings is 1. The van der Waals surface area contributed by atoms with E-state index < -0.39 is 0 Å². The van der Waals surface area contributed by atoms with Gasteiger partial charge in [-0.1, -0.05) is 18.2 Å². The minimum atomic E-state index is 1.10. The van der Waals surface area contributed by atoms with Crippen LogP contribution in [-0.2, 0) is 0 Å². The number of quaternary nitrogens is 1. The van der Waals surface area contributed by atoms with Crippen LogP contribution in [-0.4, -0.2) is 4.98 Å². The Kier molecular flexibility index (Phi) is 1.87. The predicted octanol–water partition coefficient (Wildman–Crippen LogP) is 2.77. The van der Waals surface area contributed by atoms with Crippen LogP contribution in [0.15, 0.2) is 41.9 Å². The highest BCUT2D eigenvalue weighted by molar-refractivity contribution is 7.14. The van der Waals surface area contributed by atoms with Gasteiger partial charge in [0.2, 0.25) is 0 Å². The SMILES string of the molecule is [NH3+]c1ccsc1-c1c[nH]c2ccccc12. The average Bonchev–Trinajstić information content (AvgIpc) is 2.83. The van der Waals surface area contributed by atoms with Crippen molar-refractivity contribution in [2.24, 2.45) is 0 Å². The van der Waals surface area contributed by atoms with Gasteiger partial charge in [-0.15, -0.1) is 11.3 Å². The topological polar surface area (TPSA) is 43.4 Å². The van der Waals surface area contributed by atoms with Crippen LogP contribution in [0, 0.1) is 0 Å². The van der Waals surface area contributed by atoms with Crippen molar-refractivity contribution in [2.45, 2.75) is 0 Å². The molecule has 2 nitrogen and oxygen atoms in total. The van der Waals surface area contributed by atoms with Crippen molar-refractivity contribution < 1.29 is 5.73 Å². The molecule has 0 saturated carbocycles. The van der Waals surface area contributed by atoms with Gasteiger partial charge in [-0.2, -0.15) is 0 Å². The highest BCUT2D eigenvalue weighted by Gasteiger charge is 2.11. The number of fused-ring (bicyclic) bond motifs is 1. The van der Waals surface area contributed by atoms with Crippen LogP contribution in [0.3, 0.4) is 0 Å². The van der Waals surface area contributed by atoms with Crippen molar-refractivity contribution >= 4 is 27.9 Å². The minimum Gasteiger partial charge on any atom is -0.361 e. The van der Waals surface area contributed by atoms with Crippen molar-refractivity contribution in [1.29, 1.82) is 0 Å². The molecule has 0 spiro atoms. The van der Waals surface area contributed by atoms with Gasteiger partial charge in [-0.3, -0.25) is 0 Å². The lowest BCUT2D eigenvalue weighted by molar-refractivity contribution is -0.253. The Labute approximate surface area is 91.4 Å². The van der Waals surface area contributed by atoms with Gasteiger partial charge >= 0.3 is 0 Å². The van der Waals surface area contributed by atoms with Crippen LogP contribution in [0.1, 0.15) is 0 Å². The first-order chi connectivity index (χ1) is 7.36. The minimum absolute atomic E-state index is 1.10. The second-order valence-electron chi connectivity index (χ2n) is 3.52. The van der Waals surface area contributed by atoms with Gasteiger partial charge in [0.05, 0.1) is 4.88 Å². The van der Waals surface area contributed by atoms with Gasteiger partial charge in [0.15, 0.2) is 0 Å². The number of nitrogens with one attached hydrogen (secondary N) is 1. The molecule has 3 aromatic rings. The molecule has 4 N–H and O–H groups in total. The summed E-state index contributed by atoms with van der Waals surface area (Å²) in [6.07, 6.45) is 2.06.